The minimum absolute atomic E-state index is 0.0577. The number of ether oxygens (including phenoxy) is 1. The summed E-state index contributed by atoms with van der Waals surface area (Å²) >= 11 is 1.20. The molecule has 0 heterocycles. The maximum absolute atomic E-state index is 11.1. The molecule has 8 heteroatoms. The van der Waals surface area contributed by atoms with Gasteiger partial charge in [0.15, 0.2) is 0 Å². The summed E-state index contributed by atoms with van der Waals surface area (Å²) in [6.45, 7) is 0. The van der Waals surface area contributed by atoms with Gasteiger partial charge in [-0.15, -0.1) is 11.8 Å². The molecule has 0 fully saturated rings. The molecule has 0 amide bonds. The number of benzene rings is 1. The first-order chi connectivity index (χ1) is 7.84. The first-order valence-corrected chi connectivity index (χ1v) is 6.99. The van der Waals surface area contributed by atoms with Gasteiger partial charge in [-0.25, -0.2) is 13.6 Å². The van der Waals surface area contributed by atoms with E-state index in [1.165, 1.54) is 37.1 Å². The van der Waals surface area contributed by atoms with Gasteiger partial charge in [0, 0.05) is 4.90 Å². The molecule has 0 aliphatic rings. The van der Waals surface area contributed by atoms with Gasteiger partial charge < -0.3 is 10.5 Å². The number of carbonyl (C=O) groups is 1. The minimum Gasteiger partial charge on any atom is -0.468 e. The van der Waals surface area contributed by atoms with Gasteiger partial charge in [0.1, 0.15) is 4.90 Å². The maximum Gasteiger partial charge on any atom is 0.315 e. The molecule has 1 aromatic carbocycles. The van der Waals surface area contributed by atoms with Crippen LogP contribution in [0.3, 0.4) is 0 Å². The highest BCUT2D eigenvalue weighted by atomic mass is 32.2. The summed E-state index contributed by atoms with van der Waals surface area (Å²) in [4.78, 5) is 11.4. The molecule has 17 heavy (non-hydrogen) atoms. The summed E-state index contributed by atoms with van der Waals surface area (Å²) in [6.07, 6.45) is 0. The number of sulfonamides is 1. The number of carbonyl (C=O) groups excluding carboxylic acids is 1. The Bertz CT molecular complexity index is 528. The Labute approximate surface area is 103 Å². The number of esters is 1. The summed E-state index contributed by atoms with van der Waals surface area (Å²) in [5.41, 5.74) is 5.62. The van der Waals surface area contributed by atoms with E-state index in [4.69, 9.17) is 10.9 Å². The topological polar surface area (TPSA) is 112 Å². The molecule has 0 aromatic heterocycles. The molecule has 4 N–H and O–H groups in total. The van der Waals surface area contributed by atoms with Crippen LogP contribution >= 0.6 is 11.8 Å². The van der Waals surface area contributed by atoms with E-state index in [-0.39, 0.29) is 22.3 Å². The van der Waals surface area contributed by atoms with E-state index in [0.29, 0.717) is 4.90 Å². The van der Waals surface area contributed by atoms with Crippen molar-refractivity contribution in [3.63, 3.8) is 0 Å². The van der Waals surface area contributed by atoms with Crippen LogP contribution in [0.2, 0.25) is 0 Å². The molecule has 6 nitrogen and oxygen atoms in total. The lowest BCUT2D eigenvalue weighted by Crippen LogP contribution is -2.14. The Morgan fingerprint density at radius 1 is 1.47 bits per heavy atom. The SMILES string of the molecule is COC(=O)CSc1ccc(S(N)(=O)=O)c(N)c1. The van der Waals surface area contributed by atoms with E-state index in [2.05, 4.69) is 4.74 Å². The van der Waals surface area contributed by atoms with Crippen molar-refractivity contribution in [2.24, 2.45) is 5.14 Å². The van der Waals surface area contributed by atoms with Crippen molar-refractivity contribution in [2.75, 3.05) is 18.6 Å². The number of rotatable bonds is 4. The van der Waals surface area contributed by atoms with E-state index in [1.807, 2.05) is 0 Å². The number of nitrogens with two attached hydrogens (primary N) is 2. The fraction of sp³-hybridized carbons (Fsp3) is 0.222. The maximum atomic E-state index is 11.1. The van der Waals surface area contributed by atoms with Gasteiger partial charge in [-0.2, -0.15) is 0 Å². The molecule has 0 aliphatic carbocycles. The normalized spacial score (nSPS) is 11.2. The number of thioether (sulfide) groups is 1. The molecule has 0 radical (unpaired) electrons. The highest BCUT2D eigenvalue weighted by Gasteiger charge is 2.12. The lowest BCUT2D eigenvalue weighted by atomic mass is 10.3. The molecule has 1 aromatic rings. The van der Waals surface area contributed by atoms with Gasteiger partial charge in [-0.3, -0.25) is 4.79 Å². The fourth-order valence-corrected chi connectivity index (χ4v) is 2.50. The lowest BCUT2D eigenvalue weighted by Gasteiger charge is -2.05. The number of nitrogen functional groups attached to an aromatic ring is 1. The molecule has 0 spiro atoms. The highest BCUT2D eigenvalue weighted by Crippen LogP contribution is 2.25. The summed E-state index contributed by atoms with van der Waals surface area (Å²) in [5, 5.41) is 4.96. The van der Waals surface area contributed by atoms with E-state index in [1.54, 1.807) is 0 Å². The van der Waals surface area contributed by atoms with Gasteiger partial charge in [0.2, 0.25) is 10.0 Å². The molecular formula is C9H12N2O4S2. The smallest absolute Gasteiger partial charge is 0.315 e. The first-order valence-electron chi connectivity index (χ1n) is 4.46. The Morgan fingerprint density at radius 3 is 2.59 bits per heavy atom. The third-order valence-corrected chi connectivity index (χ3v) is 3.82. The lowest BCUT2D eigenvalue weighted by molar-refractivity contribution is -0.137. The molecular weight excluding hydrogens is 264 g/mol. The van der Waals surface area contributed by atoms with Crippen LogP contribution in [0.25, 0.3) is 0 Å². The average Bonchev–Trinajstić information content (AvgIpc) is 2.24. The molecule has 0 saturated carbocycles. The number of methoxy groups -OCH3 is 1. The van der Waals surface area contributed by atoms with Crippen LogP contribution in [0.1, 0.15) is 0 Å². The standard InChI is InChI=1S/C9H12N2O4S2/c1-15-9(12)5-16-6-2-3-8(7(10)4-6)17(11,13)14/h2-4H,5,10H2,1H3,(H2,11,13,14). The van der Waals surface area contributed by atoms with E-state index in [9.17, 15) is 13.2 Å². The van der Waals surface area contributed by atoms with Gasteiger partial charge in [-0.05, 0) is 18.2 Å². The van der Waals surface area contributed by atoms with Gasteiger partial charge in [0.25, 0.3) is 0 Å². The highest BCUT2D eigenvalue weighted by molar-refractivity contribution is 8.00. The van der Waals surface area contributed by atoms with Gasteiger partial charge in [0.05, 0.1) is 18.6 Å². The van der Waals surface area contributed by atoms with Gasteiger partial charge in [-0.1, -0.05) is 0 Å². The Balaban J connectivity index is 2.87. The zero-order valence-electron chi connectivity index (χ0n) is 9.04. The van der Waals surface area contributed by atoms with Crippen molar-refractivity contribution < 1.29 is 17.9 Å². The number of hydrogen-bond acceptors (Lipinski definition) is 6. The van der Waals surface area contributed by atoms with Crippen molar-refractivity contribution in [3.05, 3.63) is 18.2 Å². The van der Waals surface area contributed by atoms with E-state index < -0.39 is 10.0 Å². The number of hydrogen-bond donors (Lipinski definition) is 2. The van der Waals surface area contributed by atoms with Crippen molar-refractivity contribution in [2.45, 2.75) is 9.79 Å². The summed E-state index contributed by atoms with van der Waals surface area (Å²) in [6, 6.07) is 4.29. The summed E-state index contributed by atoms with van der Waals surface area (Å²) in [5.74, 6) is -0.242. The molecule has 0 unspecified atom stereocenters. The van der Waals surface area contributed by atoms with Crippen molar-refractivity contribution in [1.29, 1.82) is 0 Å². The van der Waals surface area contributed by atoms with Crippen molar-refractivity contribution >= 4 is 33.4 Å². The largest absolute Gasteiger partial charge is 0.468 e. The molecule has 0 saturated heterocycles. The second-order valence-electron chi connectivity index (χ2n) is 3.11. The zero-order valence-corrected chi connectivity index (χ0v) is 10.7. The fourth-order valence-electron chi connectivity index (χ4n) is 1.08. The van der Waals surface area contributed by atoms with Crippen LogP contribution in [0.4, 0.5) is 5.69 Å². The third-order valence-electron chi connectivity index (χ3n) is 1.87. The van der Waals surface area contributed by atoms with Crippen LogP contribution in [-0.4, -0.2) is 27.2 Å². The molecule has 0 aliphatic heterocycles. The Hall–Kier alpha value is -1.25. The molecule has 94 valence electrons. The van der Waals surface area contributed by atoms with Crippen LogP contribution in [-0.2, 0) is 19.6 Å². The summed E-state index contributed by atoms with van der Waals surface area (Å²) in [7, 11) is -2.52. The quantitative estimate of drug-likeness (QED) is 0.461. The summed E-state index contributed by atoms with van der Waals surface area (Å²) < 4.78 is 26.7. The molecule has 1 rings (SSSR count). The predicted octanol–water partition coefficient (Wildman–Crippen LogP) is 0.181. The second kappa shape index (κ2) is 5.39. The monoisotopic (exact) mass is 276 g/mol. The van der Waals surface area contributed by atoms with Crippen LogP contribution < -0.4 is 10.9 Å². The van der Waals surface area contributed by atoms with Crippen LogP contribution in [0, 0.1) is 0 Å². The minimum atomic E-state index is -3.81. The zero-order chi connectivity index (χ0) is 13.1. The number of primary sulfonamides is 1. The Morgan fingerprint density at radius 2 is 2.12 bits per heavy atom. The predicted molar refractivity (Wildman–Crippen MR) is 65.0 cm³/mol. The Kier molecular flexibility index (Phi) is 4.38. The van der Waals surface area contributed by atoms with Crippen LogP contribution in [0.5, 0.6) is 0 Å². The van der Waals surface area contributed by atoms with Crippen LogP contribution in [0.15, 0.2) is 28.0 Å². The first kappa shape index (κ1) is 13.8. The third kappa shape index (κ3) is 3.91. The molecule has 0 atom stereocenters. The second-order valence-corrected chi connectivity index (χ2v) is 5.69. The van der Waals surface area contributed by atoms with E-state index in [0.717, 1.165) is 0 Å². The average molecular weight is 276 g/mol. The van der Waals surface area contributed by atoms with Crippen molar-refractivity contribution in [1.82, 2.24) is 0 Å². The number of anilines is 1. The van der Waals surface area contributed by atoms with E-state index >= 15 is 0 Å². The van der Waals surface area contributed by atoms with Gasteiger partial charge >= 0.3 is 5.97 Å². The molecule has 0 bridgehead atoms. The van der Waals surface area contributed by atoms with Crippen molar-refractivity contribution in [3.8, 4) is 0 Å².